The van der Waals surface area contributed by atoms with Gasteiger partial charge in [-0.25, -0.2) is 19.2 Å². The molecule has 12 unspecified atom stereocenters. The average Bonchev–Trinajstić information content (AvgIpc) is 1.17. The molecular weight excluding hydrogens is 2100 g/mol. The van der Waals surface area contributed by atoms with Gasteiger partial charge in [0.1, 0.15) is 42.7 Å². The van der Waals surface area contributed by atoms with Gasteiger partial charge in [0.15, 0.2) is 18.7 Å². The molecule has 29 nitrogen and oxygen atoms in total. The van der Waals surface area contributed by atoms with Crippen molar-refractivity contribution in [1.82, 2.24) is 34.0 Å². The van der Waals surface area contributed by atoms with Crippen molar-refractivity contribution in [1.29, 1.82) is 0 Å². The number of alkyl halides is 51. The maximum atomic E-state index is 14.3. The van der Waals surface area contributed by atoms with Crippen LogP contribution in [0, 0.1) is 0 Å². The summed E-state index contributed by atoms with van der Waals surface area (Å²) in [7, 11) is 0. The summed E-state index contributed by atoms with van der Waals surface area (Å²) in [6.45, 7) is -2.15. The Bertz CT molecular complexity index is 4980. The summed E-state index contributed by atoms with van der Waals surface area (Å²) in [6.07, 6.45) is -39.3. The molecule has 3 aromatic heterocycles. The number of amides is 1. The van der Waals surface area contributed by atoms with Crippen molar-refractivity contribution in [3.63, 3.8) is 0 Å². The van der Waals surface area contributed by atoms with Gasteiger partial charge in [0.2, 0.25) is 0 Å². The number of carboxylic acids is 2. The summed E-state index contributed by atoms with van der Waals surface area (Å²) in [6, 6.07) is -1.72. The Morgan fingerprint density at radius 2 is 0.547 bits per heavy atom. The molecular formula is C57H46F51N9O20. The van der Waals surface area contributed by atoms with Gasteiger partial charge in [0.25, 0.3) is 22.6 Å². The first kappa shape index (κ1) is 124. The number of ether oxygens (including phenoxy) is 3. The molecule has 0 bridgehead atoms. The van der Waals surface area contributed by atoms with Crippen LogP contribution in [-0.4, -0.2) is 305 Å². The van der Waals surface area contributed by atoms with Gasteiger partial charge in [-0.1, -0.05) is 0 Å². The second-order valence-corrected chi connectivity index (χ2v) is 27.2. The van der Waals surface area contributed by atoms with E-state index in [2.05, 4.69) is 9.97 Å². The number of carbonyl (C=O) groups excluding carboxylic acids is 1. The lowest BCUT2D eigenvalue weighted by molar-refractivity contribution is -0.461. The van der Waals surface area contributed by atoms with E-state index >= 15 is 0 Å². The number of aliphatic carboxylic acids is 2. The van der Waals surface area contributed by atoms with Gasteiger partial charge >= 0.3 is 172 Å². The molecule has 0 aliphatic carbocycles. The number of aliphatic hydroxyl groups is 6. The minimum absolute atomic E-state index is 0.0771. The van der Waals surface area contributed by atoms with E-state index in [0.717, 1.165) is 21.3 Å². The number of aliphatic hydroxyl groups excluding tert-OH is 6. The molecule has 0 radical (unpaired) electrons. The highest BCUT2D eigenvalue weighted by atomic mass is 19.5. The van der Waals surface area contributed by atoms with Gasteiger partial charge in [-0.05, 0) is 6.42 Å². The Kier molecular flexibility index (Phi) is 35.3. The van der Waals surface area contributed by atoms with E-state index in [1.54, 1.807) is 0 Å². The molecule has 6 heterocycles. The lowest BCUT2D eigenvalue weighted by Crippen LogP contribution is -2.75. The smallest absolute Gasteiger partial charge is 0.460 e. The summed E-state index contributed by atoms with van der Waals surface area (Å²) in [5, 5.41) is 72.6. The van der Waals surface area contributed by atoms with E-state index in [-0.39, 0.29) is 4.57 Å². The average molecular weight is 2150 g/mol. The summed E-state index contributed by atoms with van der Waals surface area (Å²) >= 11 is 0. The number of hydrogen-bond donors (Lipinski definition) is 14. The molecule has 0 spiro atoms. The quantitative estimate of drug-likeness (QED) is 0.0273. The van der Waals surface area contributed by atoms with Crippen molar-refractivity contribution in [2.45, 2.75) is 236 Å². The van der Waals surface area contributed by atoms with E-state index in [1.807, 2.05) is 0 Å². The summed E-state index contributed by atoms with van der Waals surface area (Å²) in [4.78, 5) is 105. The first-order valence-electron chi connectivity index (χ1n) is 33.5. The van der Waals surface area contributed by atoms with Crippen molar-refractivity contribution in [2.24, 2.45) is 11.5 Å². The first-order valence-corrected chi connectivity index (χ1v) is 33.5. The molecule has 80 heteroatoms. The van der Waals surface area contributed by atoms with Crippen LogP contribution < -0.4 is 50.5 Å². The highest BCUT2D eigenvalue weighted by Crippen LogP contribution is 2.69. The number of aromatic nitrogens is 6. The van der Waals surface area contributed by atoms with Crippen LogP contribution >= 0.6 is 0 Å². The summed E-state index contributed by atoms with van der Waals surface area (Å²) in [5.41, 5.74) is 6.20. The highest BCUT2D eigenvalue weighted by Gasteiger charge is 2.99. The molecule has 12 atom stereocenters. The van der Waals surface area contributed by atoms with Gasteiger partial charge in [0.05, 0.1) is 31.9 Å². The molecule has 3 aliphatic rings. The predicted octanol–water partition coefficient (Wildman–Crippen LogP) is 7.84. The minimum Gasteiger partial charge on any atom is -0.481 e. The van der Waals surface area contributed by atoms with Crippen LogP contribution in [0.3, 0.4) is 0 Å². The second-order valence-electron chi connectivity index (χ2n) is 27.2. The van der Waals surface area contributed by atoms with Crippen molar-refractivity contribution in [2.75, 3.05) is 19.8 Å². The minimum atomic E-state index is -8.92. The molecule has 0 aromatic carbocycles. The van der Waals surface area contributed by atoms with Crippen LogP contribution in [0.1, 0.15) is 37.9 Å². The van der Waals surface area contributed by atoms with E-state index in [0.29, 0.717) is 17.6 Å². The lowest BCUT2D eigenvalue weighted by atomic mass is 9.88. The third kappa shape index (κ3) is 20.7. The number of H-pyrrole nitrogens is 3. The van der Waals surface area contributed by atoms with E-state index in [4.69, 9.17) is 51.2 Å². The summed E-state index contributed by atoms with van der Waals surface area (Å²) < 4.78 is 680. The Hall–Kier alpha value is -9.56. The number of rotatable bonds is 31. The van der Waals surface area contributed by atoms with Crippen molar-refractivity contribution >= 4 is 17.8 Å². The third-order valence-electron chi connectivity index (χ3n) is 18.1. The number of aromatic amines is 3. The second kappa shape index (κ2) is 39.1. The van der Waals surface area contributed by atoms with Crippen LogP contribution in [0.25, 0.3) is 0 Å². The van der Waals surface area contributed by atoms with Crippen molar-refractivity contribution < 1.29 is 293 Å². The number of nitrogens with one attached hydrogen (secondary N) is 4. The Balaban J connectivity index is 0.000000605. The third-order valence-corrected chi connectivity index (χ3v) is 18.1. The maximum Gasteiger partial charge on any atom is 0.460 e. The monoisotopic (exact) mass is 2150 g/mol. The molecule has 3 saturated heterocycles. The standard InChI is InChI=1S/C18H12F17N3O6.C12H7F17O2.C9HF17O2.2C9H13N3O5/c19-11(20,9(42)37-6-7(41)4(3-39)44-8(6)38-2-1-5(40)36-10(38)43)12(21,22)13(23,24)14(25,26)15(27,28)16(29,30)17(31,32)18(33,34)35;13-5(14,3-1-2-4(30)31)6(15,16)7(17,18)8(19,20)9(21,22)10(23,24)11(25,26)12(27,28)29;10-2(11,1(27)28)3(12,13)4(14,15)5(16,17)6(18,19)7(20,21)8(22,23)9(24,25)26;2*10-6-7(15)4(3-13)17-8(6)12-2-1-5(14)11-9(12)16/h1-2,4,6-8,39,41H,3H2,(H,37,42)(H,36,40,43);1-3H2,(H,30,31);(H,27,28);2*1-2,4,6-8,13,15H,3,10H2,(H,11,14,16). The molecule has 0 saturated carbocycles. The van der Waals surface area contributed by atoms with Gasteiger partial charge < -0.3 is 71.8 Å². The number of nitrogens with two attached hydrogens (primary N) is 2. The summed E-state index contributed by atoms with van der Waals surface area (Å²) in [5.74, 6) is -185. The predicted molar refractivity (Wildman–Crippen MR) is 324 cm³/mol. The van der Waals surface area contributed by atoms with Crippen molar-refractivity contribution in [3.8, 4) is 0 Å². The number of hydrogen-bond acceptors (Lipinski definition) is 20. The number of nitrogens with zero attached hydrogens (tertiary/aromatic N) is 3. The normalized spacial score (nSPS) is 22.5. The zero-order chi connectivity index (χ0) is 109. The fraction of sp³-hybridized carbons (Fsp3) is 0.737. The Labute approximate surface area is 711 Å². The maximum absolute atomic E-state index is 14.3. The van der Waals surface area contributed by atoms with E-state index < -0.39 is 307 Å². The topological polar surface area (TPSA) is 469 Å². The fourth-order valence-electron chi connectivity index (χ4n) is 10.2. The van der Waals surface area contributed by atoms with Gasteiger partial charge in [-0.15, -0.1) is 0 Å². The molecule has 1 amide bonds. The lowest BCUT2D eigenvalue weighted by Gasteiger charge is -2.42. The molecule has 3 aromatic rings. The van der Waals surface area contributed by atoms with Gasteiger partial charge in [-0.3, -0.25) is 52.6 Å². The van der Waals surface area contributed by atoms with Crippen LogP contribution in [-0.2, 0) is 28.6 Å². The number of carboxylic acid groups (broad SMARTS) is 2. The van der Waals surface area contributed by atoms with E-state index in [1.165, 1.54) is 17.4 Å². The zero-order valence-electron chi connectivity index (χ0n) is 63.4. The molecule has 796 valence electrons. The van der Waals surface area contributed by atoms with Crippen LogP contribution in [0.15, 0.2) is 65.6 Å². The van der Waals surface area contributed by atoms with Crippen LogP contribution in [0.5, 0.6) is 0 Å². The Morgan fingerprint density at radius 3 is 0.774 bits per heavy atom. The molecule has 3 fully saturated rings. The largest absolute Gasteiger partial charge is 0.481 e. The van der Waals surface area contributed by atoms with Gasteiger partial charge in [0, 0.05) is 49.6 Å². The molecule has 137 heavy (non-hydrogen) atoms. The molecule has 3 aliphatic heterocycles. The van der Waals surface area contributed by atoms with Crippen LogP contribution in [0.4, 0.5) is 224 Å². The molecule has 6 rings (SSSR count). The fourth-order valence-corrected chi connectivity index (χ4v) is 10.2. The van der Waals surface area contributed by atoms with Crippen molar-refractivity contribution in [3.05, 3.63) is 99.3 Å². The number of halogens is 51. The highest BCUT2D eigenvalue weighted by molar-refractivity contribution is 5.85. The first-order chi connectivity index (χ1) is 60.3. The van der Waals surface area contributed by atoms with Crippen LogP contribution in [0.2, 0.25) is 0 Å². The number of carbonyl (C=O) groups is 3. The van der Waals surface area contributed by atoms with Gasteiger partial charge in [-0.2, -0.15) is 224 Å². The SMILES string of the molecule is NC1C(O)C(CO)OC1n1ccc(=O)[nH]c1=O.NC1C(O)C(CO)OC1n1ccc(=O)[nH]c1=O.O=C(NC1C(O)C(CO)OC1n1ccc(=O)[nH]c1=O)C(F)(F)C(F)(F)C(F)(F)C(F)(F)C(F)(F)C(F)(F)C(F)(F)C(F)(F)F.O=C(O)C(F)(F)C(F)(F)C(F)(F)C(F)(F)C(F)(F)C(F)(F)C(F)(F)C(F)(F)F.O=C(O)CCCC(F)(F)C(F)(F)C(F)(F)C(F)(F)C(F)(F)C(F)(F)C(F)(F)C(F)(F)F. The molecule has 16 N–H and O–H groups in total. The zero-order valence-corrected chi connectivity index (χ0v) is 63.4. The Morgan fingerprint density at radius 1 is 0.328 bits per heavy atom. The van der Waals surface area contributed by atoms with E-state index in [9.17, 15) is 282 Å².